The van der Waals surface area contributed by atoms with E-state index in [-0.39, 0.29) is 5.75 Å². The Morgan fingerprint density at radius 1 is 1.22 bits per heavy atom. The van der Waals surface area contributed by atoms with Crippen LogP contribution in [0.2, 0.25) is 0 Å². The van der Waals surface area contributed by atoms with Crippen LogP contribution in [0.1, 0.15) is 23.1 Å². The first-order chi connectivity index (χ1) is 8.33. The Morgan fingerprint density at radius 3 is 2.22 bits per heavy atom. The Bertz CT molecular complexity index is 486. The second kappa shape index (κ2) is 6.43. The SMILES string of the molecule is Cc1cc(CCl)cc(C)c1OCCCS(C)(=O)=O. The number of aryl methyl sites for hydroxylation is 2. The van der Waals surface area contributed by atoms with Crippen LogP contribution in [0.15, 0.2) is 12.1 Å². The second-order valence-electron chi connectivity index (χ2n) is 4.52. The number of rotatable bonds is 6. The zero-order valence-electron chi connectivity index (χ0n) is 11.0. The zero-order valence-corrected chi connectivity index (χ0v) is 12.6. The van der Waals surface area contributed by atoms with Gasteiger partial charge in [0.25, 0.3) is 0 Å². The summed E-state index contributed by atoms with van der Waals surface area (Å²) in [7, 11) is -2.91. The molecule has 0 saturated carbocycles. The maximum absolute atomic E-state index is 11.0. The molecule has 0 saturated heterocycles. The second-order valence-corrected chi connectivity index (χ2v) is 7.05. The fourth-order valence-electron chi connectivity index (χ4n) is 1.84. The van der Waals surface area contributed by atoms with Crippen LogP contribution in [0.25, 0.3) is 0 Å². The topological polar surface area (TPSA) is 43.4 Å². The average molecular weight is 291 g/mol. The summed E-state index contributed by atoms with van der Waals surface area (Å²) in [6, 6.07) is 3.98. The summed E-state index contributed by atoms with van der Waals surface area (Å²) in [5.74, 6) is 1.47. The first-order valence-electron chi connectivity index (χ1n) is 5.80. The van der Waals surface area contributed by atoms with Crippen LogP contribution in [0.3, 0.4) is 0 Å². The Balaban J connectivity index is 2.63. The molecule has 0 spiro atoms. The highest BCUT2D eigenvalue weighted by Crippen LogP contribution is 2.25. The summed E-state index contributed by atoms with van der Waals surface area (Å²) in [6.45, 7) is 4.35. The van der Waals surface area contributed by atoms with Gasteiger partial charge >= 0.3 is 0 Å². The third-order valence-corrected chi connectivity index (χ3v) is 3.92. The number of hydrogen-bond acceptors (Lipinski definition) is 3. The Morgan fingerprint density at radius 2 is 1.78 bits per heavy atom. The van der Waals surface area contributed by atoms with E-state index < -0.39 is 9.84 Å². The van der Waals surface area contributed by atoms with E-state index in [2.05, 4.69) is 0 Å². The molecule has 0 heterocycles. The summed E-state index contributed by atoms with van der Waals surface area (Å²) >= 11 is 5.79. The van der Waals surface area contributed by atoms with Gasteiger partial charge in [0.2, 0.25) is 0 Å². The molecule has 0 unspecified atom stereocenters. The van der Waals surface area contributed by atoms with Crippen molar-refractivity contribution in [2.45, 2.75) is 26.1 Å². The van der Waals surface area contributed by atoms with Crippen molar-refractivity contribution in [1.29, 1.82) is 0 Å². The number of sulfone groups is 1. The molecule has 5 heteroatoms. The standard InChI is InChI=1S/C13H19ClO3S/c1-10-7-12(9-14)8-11(2)13(10)17-5-4-6-18(3,15)16/h7-8H,4-6,9H2,1-3H3. The van der Waals surface area contributed by atoms with E-state index >= 15 is 0 Å². The van der Waals surface area contributed by atoms with Gasteiger partial charge in [0.1, 0.15) is 15.6 Å². The molecular formula is C13H19ClO3S. The van der Waals surface area contributed by atoms with Gasteiger partial charge in [-0.15, -0.1) is 11.6 Å². The number of alkyl halides is 1. The van der Waals surface area contributed by atoms with Crippen molar-refractivity contribution < 1.29 is 13.2 Å². The lowest BCUT2D eigenvalue weighted by atomic mass is 10.1. The fraction of sp³-hybridized carbons (Fsp3) is 0.538. The minimum atomic E-state index is -2.91. The first kappa shape index (κ1) is 15.3. The molecule has 0 aromatic heterocycles. The third kappa shape index (κ3) is 4.86. The Labute approximate surface area is 114 Å². The van der Waals surface area contributed by atoms with E-state index in [1.54, 1.807) is 0 Å². The molecule has 18 heavy (non-hydrogen) atoms. The van der Waals surface area contributed by atoms with Crippen LogP contribution in [0.4, 0.5) is 0 Å². The van der Waals surface area contributed by atoms with Gasteiger partial charge < -0.3 is 4.74 Å². The van der Waals surface area contributed by atoms with Crippen molar-refractivity contribution in [3.05, 3.63) is 28.8 Å². The molecule has 0 aliphatic carbocycles. The maximum Gasteiger partial charge on any atom is 0.147 e. The van der Waals surface area contributed by atoms with Crippen LogP contribution in [-0.2, 0) is 15.7 Å². The smallest absolute Gasteiger partial charge is 0.147 e. The van der Waals surface area contributed by atoms with E-state index in [1.165, 1.54) is 6.26 Å². The lowest BCUT2D eigenvalue weighted by molar-refractivity contribution is 0.313. The van der Waals surface area contributed by atoms with Crippen molar-refractivity contribution in [1.82, 2.24) is 0 Å². The number of halogens is 1. The van der Waals surface area contributed by atoms with Crippen LogP contribution in [0, 0.1) is 13.8 Å². The summed E-state index contributed by atoms with van der Waals surface area (Å²) in [5, 5.41) is 0. The molecule has 0 fully saturated rings. The molecule has 0 N–H and O–H groups in total. The molecule has 0 bridgehead atoms. The van der Waals surface area contributed by atoms with E-state index in [9.17, 15) is 8.42 Å². The quantitative estimate of drug-likeness (QED) is 0.598. The van der Waals surface area contributed by atoms with Crippen molar-refractivity contribution in [3.8, 4) is 5.75 Å². The van der Waals surface area contributed by atoms with Crippen LogP contribution < -0.4 is 4.74 Å². The molecule has 1 aromatic carbocycles. The van der Waals surface area contributed by atoms with Crippen LogP contribution >= 0.6 is 11.6 Å². The van der Waals surface area contributed by atoms with Crippen molar-refractivity contribution in [2.24, 2.45) is 0 Å². The Kier molecular flexibility index (Phi) is 5.47. The van der Waals surface area contributed by atoms with Crippen molar-refractivity contribution in [3.63, 3.8) is 0 Å². The van der Waals surface area contributed by atoms with E-state index in [0.717, 1.165) is 22.4 Å². The van der Waals surface area contributed by atoms with Gasteiger partial charge in [-0.1, -0.05) is 12.1 Å². The average Bonchev–Trinajstić information content (AvgIpc) is 2.25. The lowest BCUT2D eigenvalue weighted by Crippen LogP contribution is -2.09. The lowest BCUT2D eigenvalue weighted by Gasteiger charge is -2.13. The molecule has 3 nitrogen and oxygen atoms in total. The molecule has 0 aliphatic heterocycles. The van der Waals surface area contributed by atoms with Gasteiger partial charge in [-0.05, 0) is 37.0 Å². The summed E-state index contributed by atoms with van der Waals surface area (Å²) in [4.78, 5) is 0. The van der Waals surface area contributed by atoms with E-state index in [4.69, 9.17) is 16.3 Å². The molecule has 0 aliphatic rings. The third-order valence-electron chi connectivity index (χ3n) is 2.58. The highest BCUT2D eigenvalue weighted by Gasteiger charge is 2.07. The Hall–Kier alpha value is -0.740. The van der Waals surface area contributed by atoms with Crippen LogP contribution in [0.5, 0.6) is 5.75 Å². The predicted molar refractivity (Wildman–Crippen MR) is 75.3 cm³/mol. The summed E-state index contributed by atoms with van der Waals surface area (Å²) < 4.78 is 27.6. The fourth-order valence-corrected chi connectivity index (χ4v) is 2.64. The largest absolute Gasteiger partial charge is 0.493 e. The molecular weight excluding hydrogens is 272 g/mol. The summed E-state index contributed by atoms with van der Waals surface area (Å²) in [5.41, 5.74) is 3.13. The van der Waals surface area contributed by atoms with Gasteiger partial charge in [0.15, 0.2) is 0 Å². The van der Waals surface area contributed by atoms with Gasteiger partial charge in [-0.25, -0.2) is 8.42 Å². The molecule has 0 amide bonds. The highest BCUT2D eigenvalue weighted by molar-refractivity contribution is 7.90. The van der Waals surface area contributed by atoms with Gasteiger partial charge in [0, 0.05) is 12.1 Å². The van der Waals surface area contributed by atoms with Gasteiger partial charge in [-0.2, -0.15) is 0 Å². The molecule has 1 aromatic rings. The van der Waals surface area contributed by atoms with E-state index in [0.29, 0.717) is 18.9 Å². The normalized spacial score (nSPS) is 11.6. The summed E-state index contributed by atoms with van der Waals surface area (Å²) in [6.07, 6.45) is 1.74. The number of hydrogen-bond donors (Lipinski definition) is 0. The molecule has 0 radical (unpaired) electrons. The minimum absolute atomic E-state index is 0.158. The van der Waals surface area contributed by atoms with Crippen LogP contribution in [-0.4, -0.2) is 27.0 Å². The maximum atomic E-state index is 11.0. The number of benzene rings is 1. The van der Waals surface area contributed by atoms with Crippen molar-refractivity contribution in [2.75, 3.05) is 18.6 Å². The van der Waals surface area contributed by atoms with Crippen molar-refractivity contribution >= 4 is 21.4 Å². The molecule has 102 valence electrons. The zero-order chi connectivity index (χ0) is 13.8. The van der Waals surface area contributed by atoms with Gasteiger partial charge in [-0.3, -0.25) is 0 Å². The minimum Gasteiger partial charge on any atom is -0.493 e. The molecule has 1 rings (SSSR count). The van der Waals surface area contributed by atoms with E-state index in [1.807, 2.05) is 26.0 Å². The monoisotopic (exact) mass is 290 g/mol. The number of ether oxygens (including phenoxy) is 1. The van der Waals surface area contributed by atoms with Gasteiger partial charge in [0.05, 0.1) is 12.4 Å². The highest BCUT2D eigenvalue weighted by atomic mass is 35.5. The predicted octanol–water partition coefficient (Wildman–Crippen LogP) is 2.86. The molecule has 0 atom stereocenters. The first-order valence-corrected chi connectivity index (χ1v) is 8.39.